The van der Waals surface area contributed by atoms with Gasteiger partial charge in [-0.1, -0.05) is 5.21 Å². The number of methoxy groups -OCH3 is 2. The number of carbonyl (C=O) groups is 1. The first-order chi connectivity index (χ1) is 9.92. The van der Waals surface area contributed by atoms with Crippen molar-refractivity contribution in [1.82, 2.24) is 15.0 Å². The van der Waals surface area contributed by atoms with Crippen molar-refractivity contribution in [1.29, 1.82) is 0 Å². The first-order valence-corrected chi connectivity index (χ1v) is 5.62. The van der Waals surface area contributed by atoms with Gasteiger partial charge in [-0.25, -0.2) is 4.68 Å². The lowest BCUT2D eigenvalue weighted by Gasteiger charge is -2.13. The number of nitrogens with zero attached hydrogens (tertiary/aromatic N) is 3. The predicted molar refractivity (Wildman–Crippen MR) is 64.9 cm³/mol. The van der Waals surface area contributed by atoms with Crippen LogP contribution in [0.5, 0.6) is 11.5 Å². The van der Waals surface area contributed by atoms with Crippen molar-refractivity contribution >= 4 is 6.29 Å². The van der Waals surface area contributed by atoms with Crippen molar-refractivity contribution in [3.63, 3.8) is 0 Å². The number of hydrogen-bond acceptors (Lipinski definition) is 5. The van der Waals surface area contributed by atoms with Crippen LogP contribution in [0.4, 0.5) is 13.2 Å². The molecule has 2 aromatic rings. The lowest BCUT2D eigenvalue weighted by atomic mass is 10.2. The van der Waals surface area contributed by atoms with Crippen molar-refractivity contribution in [2.24, 2.45) is 0 Å². The molecule has 0 radical (unpaired) electrons. The van der Waals surface area contributed by atoms with Gasteiger partial charge in [0.15, 0.2) is 17.7 Å². The normalized spacial score (nSPS) is 11.3. The molecule has 0 amide bonds. The highest BCUT2D eigenvalue weighted by Gasteiger charge is 2.40. The second-order valence-corrected chi connectivity index (χ2v) is 3.89. The number of benzene rings is 1. The van der Waals surface area contributed by atoms with Crippen molar-refractivity contribution in [3.8, 4) is 17.2 Å². The molecule has 0 aliphatic rings. The fourth-order valence-electron chi connectivity index (χ4n) is 1.77. The van der Waals surface area contributed by atoms with Gasteiger partial charge in [0.1, 0.15) is 17.2 Å². The molecule has 0 unspecified atom stereocenters. The Labute approximate surface area is 117 Å². The van der Waals surface area contributed by atoms with Crippen LogP contribution in [0.15, 0.2) is 18.2 Å². The van der Waals surface area contributed by atoms with Crippen molar-refractivity contribution in [3.05, 3.63) is 29.6 Å². The number of aromatic nitrogens is 3. The summed E-state index contributed by atoms with van der Waals surface area (Å²) in [5.41, 5.74) is -2.06. The van der Waals surface area contributed by atoms with E-state index in [0.717, 1.165) is 0 Å². The van der Waals surface area contributed by atoms with E-state index in [0.29, 0.717) is 10.4 Å². The van der Waals surface area contributed by atoms with E-state index in [1.807, 2.05) is 0 Å². The van der Waals surface area contributed by atoms with Gasteiger partial charge in [-0.05, 0) is 12.1 Å². The molecule has 0 aliphatic heterocycles. The Bertz CT molecular complexity index is 667. The van der Waals surface area contributed by atoms with Crippen LogP contribution in [0.25, 0.3) is 5.69 Å². The summed E-state index contributed by atoms with van der Waals surface area (Å²) in [5.74, 6) is 0.502. The largest absolute Gasteiger partial charge is 0.497 e. The monoisotopic (exact) mass is 301 g/mol. The van der Waals surface area contributed by atoms with Crippen molar-refractivity contribution in [2.45, 2.75) is 6.18 Å². The highest BCUT2D eigenvalue weighted by molar-refractivity contribution is 5.74. The Kier molecular flexibility index (Phi) is 3.83. The summed E-state index contributed by atoms with van der Waals surface area (Å²) in [4.78, 5) is 10.7. The predicted octanol–water partition coefficient (Wildman–Crippen LogP) is 2.12. The van der Waals surface area contributed by atoms with E-state index < -0.39 is 17.6 Å². The molecule has 1 aromatic carbocycles. The number of halogens is 3. The third-order valence-corrected chi connectivity index (χ3v) is 2.69. The molecule has 0 fully saturated rings. The van der Waals surface area contributed by atoms with E-state index in [9.17, 15) is 18.0 Å². The summed E-state index contributed by atoms with van der Waals surface area (Å²) in [6, 6.07) is 4.17. The zero-order valence-electron chi connectivity index (χ0n) is 11.0. The van der Waals surface area contributed by atoms with E-state index in [1.165, 1.54) is 32.4 Å². The van der Waals surface area contributed by atoms with Gasteiger partial charge in [-0.3, -0.25) is 4.79 Å². The van der Waals surface area contributed by atoms with E-state index >= 15 is 0 Å². The number of carbonyl (C=O) groups excluding carboxylic acids is 1. The summed E-state index contributed by atoms with van der Waals surface area (Å²) in [6.07, 6.45) is -4.78. The van der Waals surface area contributed by atoms with Crippen LogP contribution < -0.4 is 9.47 Å². The van der Waals surface area contributed by atoms with Crippen LogP contribution in [0, 0.1) is 0 Å². The van der Waals surface area contributed by atoms with Crippen molar-refractivity contribution < 1.29 is 27.4 Å². The number of ether oxygens (including phenoxy) is 2. The Hall–Kier alpha value is -2.58. The lowest BCUT2D eigenvalue weighted by Crippen LogP contribution is -2.16. The van der Waals surface area contributed by atoms with Crippen LogP contribution in [-0.2, 0) is 6.18 Å². The van der Waals surface area contributed by atoms with Gasteiger partial charge in [0.05, 0.1) is 14.2 Å². The number of hydrogen-bond donors (Lipinski definition) is 0. The Morgan fingerprint density at radius 1 is 1.24 bits per heavy atom. The highest BCUT2D eigenvalue weighted by atomic mass is 19.4. The van der Waals surface area contributed by atoms with E-state index in [2.05, 4.69) is 10.3 Å². The van der Waals surface area contributed by atoms with Crippen LogP contribution in [0.1, 0.15) is 16.2 Å². The minimum absolute atomic E-state index is 0.00230. The molecule has 0 spiro atoms. The third-order valence-electron chi connectivity index (χ3n) is 2.69. The highest BCUT2D eigenvalue weighted by Crippen LogP contribution is 2.35. The molecule has 21 heavy (non-hydrogen) atoms. The molecule has 2 rings (SSSR count). The molecule has 0 N–H and O–H groups in total. The maximum atomic E-state index is 13.1. The van der Waals surface area contributed by atoms with Gasteiger partial charge < -0.3 is 9.47 Å². The molecule has 6 nitrogen and oxygen atoms in total. The van der Waals surface area contributed by atoms with Crippen LogP contribution in [0.2, 0.25) is 0 Å². The van der Waals surface area contributed by atoms with Gasteiger partial charge in [0, 0.05) is 6.07 Å². The average Bonchev–Trinajstić information content (AvgIpc) is 2.90. The fourth-order valence-corrected chi connectivity index (χ4v) is 1.77. The van der Waals surface area contributed by atoms with E-state index in [1.54, 1.807) is 0 Å². The van der Waals surface area contributed by atoms with Gasteiger partial charge in [0.2, 0.25) is 0 Å². The molecule has 1 heterocycles. The second kappa shape index (κ2) is 5.43. The first kappa shape index (κ1) is 14.8. The summed E-state index contributed by atoms with van der Waals surface area (Å²) < 4.78 is 49.7. The first-order valence-electron chi connectivity index (χ1n) is 5.62. The summed E-state index contributed by atoms with van der Waals surface area (Å²) >= 11 is 0. The van der Waals surface area contributed by atoms with E-state index in [-0.39, 0.29) is 17.7 Å². The topological polar surface area (TPSA) is 66.2 Å². The molecular weight excluding hydrogens is 291 g/mol. The standard InChI is InChI=1S/C12H10F3N3O3/c1-20-7-3-4-9(10(5-7)21-2)18-11(12(13,14)15)8(6-19)16-17-18/h3-6H,1-2H3. The molecule has 0 bridgehead atoms. The van der Waals surface area contributed by atoms with Crippen molar-refractivity contribution in [2.75, 3.05) is 14.2 Å². The van der Waals surface area contributed by atoms with E-state index in [4.69, 9.17) is 9.47 Å². The maximum Gasteiger partial charge on any atom is 0.435 e. The quantitative estimate of drug-likeness (QED) is 0.809. The Morgan fingerprint density at radius 3 is 2.48 bits per heavy atom. The SMILES string of the molecule is COc1ccc(-n2nnc(C=O)c2C(F)(F)F)c(OC)c1. The van der Waals surface area contributed by atoms with Crippen LogP contribution >= 0.6 is 0 Å². The lowest BCUT2D eigenvalue weighted by molar-refractivity contribution is -0.143. The second-order valence-electron chi connectivity index (χ2n) is 3.89. The average molecular weight is 301 g/mol. The summed E-state index contributed by atoms with van der Waals surface area (Å²) in [7, 11) is 2.71. The fraction of sp³-hybridized carbons (Fsp3) is 0.250. The van der Waals surface area contributed by atoms with Gasteiger partial charge in [0.25, 0.3) is 0 Å². The van der Waals surface area contributed by atoms with Gasteiger partial charge in [-0.2, -0.15) is 13.2 Å². The van der Waals surface area contributed by atoms with Gasteiger partial charge in [-0.15, -0.1) is 5.10 Å². The van der Waals surface area contributed by atoms with Crippen LogP contribution in [0.3, 0.4) is 0 Å². The zero-order chi connectivity index (χ0) is 15.6. The zero-order valence-corrected chi connectivity index (χ0v) is 11.0. The molecule has 0 saturated carbocycles. The smallest absolute Gasteiger partial charge is 0.435 e. The third kappa shape index (κ3) is 2.67. The summed E-state index contributed by atoms with van der Waals surface area (Å²) in [6.45, 7) is 0. The molecule has 0 atom stereocenters. The maximum absolute atomic E-state index is 13.1. The molecule has 112 valence electrons. The summed E-state index contributed by atoms with van der Waals surface area (Å²) in [5, 5.41) is 6.62. The number of alkyl halides is 3. The molecular formula is C12H10F3N3O3. The number of rotatable bonds is 4. The molecule has 1 aromatic heterocycles. The van der Waals surface area contributed by atoms with Gasteiger partial charge >= 0.3 is 6.18 Å². The number of aldehydes is 1. The molecule has 0 saturated heterocycles. The molecule has 0 aliphatic carbocycles. The Morgan fingerprint density at radius 2 is 1.95 bits per heavy atom. The van der Waals surface area contributed by atoms with Crippen LogP contribution in [-0.4, -0.2) is 35.5 Å². The Balaban J connectivity index is 2.68. The minimum atomic E-state index is -4.79. The minimum Gasteiger partial charge on any atom is -0.497 e. The molecule has 9 heteroatoms.